The molecule has 0 unspecified atom stereocenters. The molecule has 0 radical (unpaired) electrons. The number of ether oxygens (including phenoxy) is 2. The van der Waals surface area contributed by atoms with Gasteiger partial charge in [-0.05, 0) is 67.5 Å². The molecule has 0 amide bonds. The largest absolute Gasteiger partial charge is 0.497 e. The Morgan fingerprint density at radius 2 is 1.93 bits per heavy atom. The first kappa shape index (κ1) is 22.3. The predicted molar refractivity (Wildman–Crippen MR) is 117 cm³/mol. The van der Waals surface area contributed by atoms with Crippen LogP contribution in [0.15, 0.2) is 35.9 Å². The highest BCUT2D eigenvalue weighted by Gasteiger charge is 2.50. The van der Waals surface area contributed by atoms with Crippen molar-refractivity contribution in [3.8, 4) is 5.75 Å². The van der Waals surface area contributed by atoms with Crippen LogP contribution in [0.5, 0.6) is 5.75 Å². The van der Waals surface area contributed by atoms with E-state index in [0.717, 1.165) is 18.2 Å². The monoisotopic (exact) mass is 402 g/mol. The van der Waals surface area contributed by atoms with Crippen LogP contribution in [-0.2, 0) is 4.74 Å². The van der Waals surface area contributed by atoms with Gasteiger partial charge < -0.3 is 24.8 Å². The number of likely N-dealkylation sites (N-methyl/N-ethyl adjacent to an activating group) is 1. The average Bonchev–Trinajstić information content (AvgIpc) is 2.71. The first-order valence-electron chi connectivity index (χ1n) is 10.8. The molecule has 0 heterocycles. The maximum Gasteiger partial charge on any atom is 0.118 e. The number of benzene rings is 1. The third-order valence-corrected chi connectivity index (χ3v) is 7.00. The van der Waals surface area contributed by atoms with E-state index in [1.165, 1.54) is 24.0 Å². The lowest BCUT2D eigenvalue weighted by molar-refractivity contribution is -0.0235. The Balaban J connectivity index is 1.38. The molecule has 162 valence electrons. The second kappa shape index (κ2) is 9.61. The molecule has 2 N–H and O–H groups in total. The molecule has 1 aromatic rings. The number of hydrogen-bond acceptors (Lipinski definition) is 5. The summed E-state index contributed by atoms with van der Waals surface area (Å²) >= 11 is 0. The van der Waals surface area contributed by atoms with E-state index in [9.17, 15) is 5.11 Å². The number of rotatable bonds is 11. The van der Waals surface area contributed by atoms with Crippen LogP contribution in [0.25, 0.3) is 0 Å². The molecule has 4 rings (SSSR count). The van der Waals surface area contributed by atoms with Crippen molar-refractivity contribution in [1.82, 2.24) is 10.2 Å². The average molecular weight is 403 g/mol. The summed E-state index contributed by atoms with van der Waals surface area (Å²) in [6, 6.07) is 8.39. The maximum absolute atomic E-state index is 10.3. The van der Waals surface area contributed by atoms with Crippen LogP contribution in [0.3, 0.4) is 0 Å². The first-order valence-corrected chi connectivity index (χ1v) is 10.8. The fourth-order valence-corrected chi connectivity index (χ4v) is 4.82. The normalized spacial score (nSPS) is 24.6. The van der Waals surface area contributed by atoms with Gasteiger partial charge in [-0.1, -0.05) is 32.1 Å². The van der Waals surface area contributed by atoms with Gasteiger partial charge in [0.15, 0.2) is 0 Å². The van der Waals surface area contributed by atoms with Crippen LogP contribution >= 0.6 is 0 Å². The molecular formula is C24H38N2O3. The van der Waals surface area contributed by atoms with Crippen molar-refractivity contribution in [3.05, 3.63) is 41.5 Å². The van der Waals surface area contributed by atoms with Gasteiger partial charge in [-0.3, -0.25) is 0 Å². The van der Waals surface area contributed by atoms with E-state index in [1.54, 1.807) is 7.11 Å². The Hall–Kier alpha value is -1.40. The van der Waals surface area contributed by atoms with Crippen LogP contribution in [-0.4, -0.2) is 63.6 Å². The van der Waals surface area contributed by atoms with Gasteiger partial charge in [-0.25, -0.2) is 0 Å². The van der Waals surface area contributed by atoms with Crippen molar-refractivity contribution < 1.29 is 14.6 Å². The van der Waals surface area contributed by atoms with Gasteiger partial charge in [0.05, 0.1) is 26.4 Å². The lowest BCUT2D eigenvalue weighted by Gasteiger charge is -2.56. The summed E-state index contributed by atoms with van der Waals surface area (Å²) in [6.07, 6.45) is 4.36. The van der Waals surface area contributed by atoms with E-state index in [1.807, 2.05) is 12.1 Å². The molecule has 0 spiro atoms. The zero-order chi connectivity index (χ0) is 21.0. The van der Waals surface area contributed by atoms with E-state index in [2.05, 4.69) is 56.4 Å². The van der Waals surface area contributed by atoms with Gasteiger partial charge in [0.25, 0.3) is 0 Å². The standard InChI is InChI=1S/C24H38N2O3/c1-24(2)19-9-6-18(22(24)12-19)15-29-16-20(27)13-25-14-23(26(3)4)17-7-10-21(28-5)11-8-17/h6-8,10-11,19-20,22-23,25,27H,9,12-16H2,1-5H3/t19-,20+,22+,23+/m0/s1. The minimum Gasteiger partial charge on any atom is -0.497 e. The molecule has 29 heavy (non-hydrogen) atoms. The van der Waals surface area contributed by atoms with E-state index in [0.29, 0.717) is 31.1 Å². The fraction of sp³-hybridized carbons (Fsp3) is 0.667. The summed E-state index contributed by atoms with van der Waals surface area (Å²) in [5.41, 5.74) is 3.08. The van der Waals surface area contributed by atoms with Crippen molar-refractivity contribution in [2.45, 2.75) is 38.8 Å². The highest BCUT2D eigenvalue weighted by atomic mass is 16.5. The van der Waals surface area contributed by atoms with Crippen molar-refractivity contribution in [2.75, 3.05) is 47.5 Å². The summed E-state index contributed by atoms with van der Waals surface area (Å²) < 4.78 is 11.1. The Kier molecular flexibility index (Phi) is 7.38. The molecule has 1 aromatic carbocycles. The van der Waals surface area contributed by atoms with Crippen molar-refractivity contribution in [1.29, 1.82) is 0 Å². The highest BCUT2D eigenvalue weighted by molar-refractivity contribution is 5.29. The molecular weight excluding hydrogens is 364 g/mol. The van der Waals surface area contributed by atoms with Crippen LogP contribution in [0.4, 0.5) is 0 Å². The zero-order valence-electron chi connectivity index (χ0n) is 18.6. The Morgan fingerprint density at radius 3 is 2.52 bits per heavy atom. The highest BCUT2D eigenvalue weighted by Crippen LogP contribution is 2.59. The molecule has 1 fully saturated rings. The Labute approximate surface area is 176 Å². The molecule has 3 aliphatic rings. The number of aliphatic hydroxyl groups excluding tert-OH is 1. The van der Waals surface area contributed by atoms with Crippen molar-refractivity contribution >= 4 is 0 Å². The van der Waals surface area contributed by atoms with Crippen LogP contribution in [0.1, 0.15) is 38.3 Å². The molecule has 5 heteroatoms. The van der Waals surface area contributed by atoms with Crippen molar-refractivity contribution in [3.63, 3.8) is 0 Å². The summed E-state index contributed by atoms with van der Waals surface area (Å²) in [6.45, 7) is 7.07. The number of nitrogens with zero attached hydrogens (tertiary/aromatic N) is 1. The lowest BCUT2D eigenvalue weighted by atomic mass is 9.49. The molecule has 3 aliphatic carbocycles. The topological polar surface area (TPSA) is 54.0 Å². The number of methoxy groups -OCH3 is 1. The second-order valence-electron chi connectivity index (χ2n) is 9.40. The summed E-state index contributed by atoms with van der Waals surface area (Å²) in [5.74, 6) is 2.38. The molecule has 1 saturated carbocycles. The lowest BCUT2D eigenvalue weighted by Crippen LogP contribution is -2.48. The van der Waals surface area contributed by atoms with Gasteiger partial charge >= 0.3 is 0 Å². The van der Waals surface area contributed by atoms with E-state index < -0.39 is 6.10 Å². The molecule has 2 bridgehead atoms. The van der Waals surface area contributed by atoms with Gasteiger partial charge in [-0.2, -0.15) is 0 Å². The molecule has 0 aliphatic heterocycles. The van der Waals surface area contributed by atoms with Gasteiger partial charge in [0.2, 0.25) is 0 Å². The molecule has 0 aromatic heterocycles. The first-order chi connectivity index (χ1) is 13.8. The molecule has 0 saturated heterocycles. The third-order valence-electron chi connectivity index (χ3n) is 7.00. The zero-order valence-corrected chi connectivity index (χ0v) is 18.6. The quantitative estimate of drug-likeness (QED) is 0.557. The molecule has 4 atom stereocenters. The van der Waals surface area contributed by atoms with E-state index in [4.69, 9.17) is 9.47 Å². The number of fused-ring (bicyclic) bond motifs is 1. The Bertz CT molecular complexity index is 684. The fourth-order valence-electron chi connectivity index (χ4n) is 4.82. The van der Waals surface area contributed by atoms with E-state index >= 15 is 0 Å². The number of allylic oxidation sites excluding steroid dienone is 1. The summed E-state index contributed by atoms with van der Waals surface area (Å²) in [5, 5.41) is 13.7. The Morgan fingerprint density at radius 1 is 1.21 bits per heavy atom. The minimum absolute atomic E-state index is 0.232. The van der Waals surface area contributed by atoms with Gasteiger partial charge in [-0.15, -0.1) is 0 Å². The summed E-state index contributed by atoms with van der Waals surface area (Å²) in [4.78, 5) is 2.18. The number of aliphatic hydroxyl groups is 1. The second-order valence-corrected chi connectivity index (χ2v) is 9.40. The van der Waals surface area contributed by atoms with Gasteiger partial charge in [0.1, 0.15) is 5.75 Å². The molecule has 5 nitrogen and oxygen atoms in total. The predicted octanol–water partition coefficient (Wildman–Crippen LogP) is 3.26. The third kappa shape index (κ3) is 5.21. The van der Waals surface area contributed by atoms with Crippen LogP contribution in [0, 0.1) is 17.3 Å². The number of hydrogen-bond donors (Lipinski definition) is 2. The maximum atomic E-state index is 10.3. The van der Waals surface area contributed by atoms with E-state index in [-0.39, 0.29) is 6.04 Å². The SMILES string of the molecule is COc1ccc([C@@H](CNC[C@@H](O)COCC2=CC[C@H]3C[C@H]2C3(C)C)N(C)C)cc1. The van der Waals surface area contributed by atoms with Gasteiger partial charge in [0, 0.05) is 19.1 Å². The smallest absolute Gasteiger partial charge is 0.118 e. The summed E-state index contributed by atoms with van der Waals surface area (Å²) in [7, 11) is 5.82. The van der Waals surface area contributed by atoms with Crippen molar-refractivity contribution in [2.24, 2.45) is 17.3 Å². The number of nitrogens with one attached hydrogen (secondary N) is 1. The van der Waals surface area contributed by atoms with Crippen LogP contribution < -0.4 is 10.1 Å². The van der Waals surface area contributed by atoms with Crippen LogP contribution in [0.2, 0.25) is 0 Å². The minimum atomic E-state index is -0.500.